The Kier molecular flexibility index (Phi) is 5.06. The fraction of sp³-hybridized carbons (Fsp3) is 0.111. The summed E-state index contributed by atoms with van der Waals surface area (Å²) in [5.41, 5.74) is 2.09. The third-order valence-corrected chi connectivity index (χ3v) is 4.24. The molecule has 4 nitrogen and oxygen atoms in total. The van der Waals surface area contributed by atoms with Gasteiger partial charge in [0.25, 0.3) is 0 Å². The van der Waals surface area contributed by atoms with Crippen LogP contribution in [0.15, 0.2) is 42.5 Å². The molecule has 0 aliphatic heterocycles. The maximum Gasteiger partial charge on any atom is 0.330 e. The second-order valence-corrected chi connectivity index (χ2v) is 6.14. The topological polar surface area (TPSA) is 44.1 Å². The maximum absolute atomic E-state index is 13.2. The van der Waals surface area contributed by atoms with E-state index in [1.165, 1.54) is 25.3 Å². The minimum absolute atomic E-state index is 0.317. The highest BCUT2D eigenvalue weighted by Crippen LogP contribution is 2.26. The van der Waals surface area contributed by atoms with E-state index in [-0.39, 0.29) is 0 Å². The van der Waals surface area contributed by atoms with Gasteiger partial charge in [0, 0.05) is 21.5 Å². The van der Waals surface area contributed by atoms with Gasteiger partial charge in [-0.1, -0.05) is 29.3 Å². The van der Waals surface area contributed by atoms with Gasteiger partial charge in [-0.05, 0) is 42.0 Å². The molecule has 0 aliphatic carbocycles. The van der Waals surface area contributed by atoms with Crippen molar-refractivity contribution in [1.29, 1.82) is 0 Å². The van der Waals surface area contributed by atoms with Crippen molar-refractivity contribution in [3.8, 4) is 0 Å². The molecule has 0 N–H and O–H groups in total. The van der Waals surface area contributed by atoms with Gasteiger partial charge in [-0.15, -0.1) is 0 Å². The molecular formula is C18H13Cl2FN2O2. The molecule has 0 amide bonds. The molecule has 0 fully saturated rings. The van der Waals surface area contributed by atoms with Crippen LogP contribution in [0.1, 0.15) is 11.3 Å². The number of aromatic nitrogens is 2. The third kappa shape index (κ3) is 3.83. The van der Waals surface area contributed by atoms with Crippen LogP contribution in [0, 0.1) is 5.82 Å². The Morgan fingerprint density at radius 1 is 1.28 bits per heavy atom. The SMILES string of the molecule is COC(=O)/C=C/c1nn(Cc2ccc(F)cc2Cl)c2cc(Cl)ccc12. The van der Waals surface area contributed by atoms with Crippen molar-refractivity contribution in [1.82, 2.24) is 9.78 Å². The second-order valence-electron chi connectivity index (χ2n) is 5.30. The average molecular weight is 379 g/mol. The van der Waals surface area contributed by atoms with E-state index < -0.39 is 11.8 Å². The largest absolute Gasteiger partial charge is 0.466 e. The van der Waals surface area contributed by atoms with Crippen LogP contribution in [-0.4, -0.2) is 22.9 Å². The Labute approximate surface area is 153 Å². The van der Waals surface area contributed by atoms with E-state index in [0.29, 0.717) is 22.3 Å². The van der Waals surface area contributed by atoms with Crippen molar-refractivity contribution < 1.29 is 13.9 Å². The summed E-state index contributed by atoms with van der Waals surface area (Å²) in [4.78, 5) is 11.3. The number of rotatable bonds is 4. The molecule has 0 unspecified atom stereocenters. The summed E-state index contributed by atoms with van der Waals surface area (Å²) in [7, 11) is 1.31. The van der Waals surface area contributed by atoms with Crippen molar-refractivity contribution in [2.75, 3.05) is 7.11 Å². The smallest absolute Gasteiger partial charge is 0.330 e. The highest BCUT2D eigenvalue weighted by atomic mass is 35.5. The lowest BCUT2D eigenvalue weighted by Crippen LogP contribution is -2.02. The number of halogens is 3. The number of methoxy groups -OCH3 is 1. The van der Waals surface area contributed by atoms with Gasteiger partial charge >= 0.3 is 5.97 Å². The molecule has 0 spiro atoms. The molecule has 1 aromatic heterocycles. The second kappa shape index (κ2) is 7.25. The van der Waals surface area contributed by atoms with Crippen LogP contribution in [0.3, 0.4) is 0 Å². The van der Waals surface area contributed by atoms with Crippen LogP contribution in [0.5, 0.6) is 0 Å². The zero-order chi connectivity index (χ0) is 18.0. The van der Waals surface area contributed by atoms with Gasteiger partial charge in [0.2, 0.25) is 0 Å². The Bertz CT molecular complexity index is 983. The minimum Gasteiger partial charge on any atom is -0.466 e. The molecule has 0 bridgehead atoms. The minimum atomic E-state index is -0.474. The third-order valence-electron chi connectivity index (χ3n) is 3.66. The van der Waals surface area contributed by atoms with Crippen LogP contribution in [-0.2, 0) is 16.1 Å². The zero-order valence-electron chi connectivity index (χ0n) is 13.2. The summed E-state index contributed by atoms with van der Waals surface area (Å²) in [5, 5.41) is 6.20. The van der Waals surface area contributed by atoms with E-state index in [2.05, 4.69) is 9.84 Å². The summed E-state index contributed by atoms with van der Waals surface area (Å²) in [6.45, 7) is 0.335. The van der Waals surface area contributed by atoms with E-state index in [9.17, 15) is 9.18 Å². The molecule has 0 saturated carbocycles. The first-order valence-electron chi connectivity index (χ1n) is 7.34. The summed E-state index contributed by atoms with van der Waals surface area (Å²) in [6, 6.07) is 9.56. The molecule has 0 atom stereocenters. The highest BCUT2D eigenvalue weighted by molar-refractivity contribution is 6.31. The number of hydrogen-bond acceptors (Lipinski definition) is 3. The fourth-order valence-corrected chi connectivity index (χ4v) is 2.84. The van der Waals surface area contributed by atoms with E-state index in [4.69, 9.17) is 23.2 Å². The van der Waals surface area contributed by atoms with Gasteiger partial charge in [0.05, 0.1) is 24.9 Å². The molecule has 2 aromatic carbocycles. The molecule has 7 heteroatoms. The maximum atomic E-state index is 13.2. The van der Waals surface area contributed by atoms with Crippen molar-refractivity contribution in [2.24, 2.45) is 0 Å². The number of nitrogens with zero attached hydrogens (tertiary/aromatic N) is 2. The lowest BCUT2D eigenvalue weighted by molar-refractivity contribution is -0.134. The van der Waals surface area contributed by atoms with E-state index in [1.807, 2.05) is 6.07 Å². The first-order chi connectivity index (χ1) is 12.0. The predicted molar refractivity (Wildman–Crippen MR) is 96.3 cm³/mol. The number of carbonyl (C=O) groups is 1. The predicted octanol–water partition coefficient (Wildman–Crippen LogP) is 4.72. The lowest BCUT2D eigenvalue weighted by Gasteiger charge is -2.06. The van der Waals surface area contributed by atoms with Gasteiger partial charge in [0.15, 0.2) is 0 Å². The number of carbonyl (C=O) groups excluding carboxylic acids is 1. The normalized spacial score (nSPS) is 11.4. The molecule has 3 aromatic rings. The van der Waals surface area contributed by atoms with Gasteiger partial charge in [-0.25, -0.2) is 9.18 Å². The number of benzene rings is 2. The van der Waals surface area contributed by atoms with Crippen LogP contribution >= 0.6 is 23.2 Å². The number of esters is 1. The molecular weight excluding hydrogens is 366 g/mol. The lowest BCUT2D eigenvalue weighted by atomic mass is 10.2. The standard InChI is InChI=1S/C18H13Cl2FN2O2/c1-25-18(24)7-6-16-14-5-3-12(19)8-17(14)23(22-16)10-11-2-4-13(21)9-15(11)20/h2-9H,10H2,1H3/b7-6+. The van der Waals surface area contributed by atoms with Crippen LogP contribution in [0.25, 0.3) is 17.0 Å². The quantitative estimate of drug-likeness (QED) is 0.487. The molecule has 3 rings (SSSR count). The summed E-state index contributed by atoms with van der Waals surface area (Å²) in [6.07, 6.45) is 2.87. The Morgan fingerprint density at radius 3 is 2.80 bits per heavy atom. The van der Waals surface area contributed by atoms with Crippen LogP contribution in [0.2, 0.25) is 10.0 Å². The first kappa shape index (κ1) is 17.5. The van der Waals surface area contributed by atoms with Crippen molar-refractivity contribution >= 4 is 46.2 Å². The van der Waals surface area contributed by atoms with Gasteiger partial charge in [0.1, 0.15) is 5.82 Å². The molecule has 25 heavy (non-hydrogen) atoms. The zero-order valence-corrected chi connectivity index (χ0v) is 14.7. The summed E-state index contributed by atoms with van der Waals surface area (Å²) >= 11 is 12.2. The molecule has 0 aliphatic rings. The Morgan fingerprint density at radius 2 is 2.08 bits per heavy atom. The number of ether oxygens (including phenoxy) is 1. The molecule has 0 saturated heterocycles. The van der Waals surface area contributed by atoms with E-state index >= 15 is 0 Å². The summed E-state index contributed by atoms with van der Waals surface area (Å²) < 4.78 is 19.5. The van der Waals surface area contributed by atoms with Crippen LogP contribution < -0.4 is 0 Å². The fourth-order valence-electron chi connectivity index (χ4n) is 2.44. The molecule has 0 radical (unpaired) electrons. The highest BCUT2D eigenvalue weighted by Gasteiger charge is 2.12. The van der Waals surface area contributed by atoms with Crippen LogP contribution in [0.4, 0.5) is 4.39 Å². The first-order valence-corrected chi connectivity index (χ1v) is 8.09. The van der Waals surface area contributed by atoms with E-state index in [1.54, 1.807) is 29.0 Å². The van der Waals surface area contributed by atoms with Crippen molar-refractivity contribution in [3.63, 3.8) is 0 Å². The van der Waals surface area contributed by atoms with Gasteiger partial charge < -0.3 is 4.74 Å². The van der Waals surface area contributed by atoms with Gasteiger partial charge in [-0.3, -0.25) is 4.68 Å². The number of fused-ring (bicyclic) bond motifs is 1. The summed E-state index contributed by atoms with van der Waals surface area (Å²) in [5.74, 6) is -0.873. The van der Waals surface area contributed by atoms with E-state index in [0.717, 1.165) is 16.5 Å². The number of hydrogen-bond donors (Lipinski definition) is 0. The van der Waals surface area contributed by atoms with Crippen molar-refractivity contribution in [3.05, 3.63) is 69.6 Å². The molecule has 1 heterocycles. The Hall–Kier alpha value is -2.37. The Balaban J connectivity index is 2.06. The van der Waals surface area contributed by atoms with Crippen molar-refractivity contribution in [2.45, 2.75) is 6.54 Å². The van der Waals surface area contributed by atoms with Gasteiger partial charge in [-0.2, -0.15) is 5.10 Å². The monoisotopic (exact) mass is 378 g/mol. The average Bonchev–Trinajstić information content (AvgIpc) is 2.92. The molecule has 128 valence electrons.